The Morgan fingerprint density at radius 1 is 1.50 bits per heavy atom. The lowest BCUT2D eigenvalue weighted by Crippen LogP contribution is -2.54. The summed E-state index contributed by atoms with van der Waals surface area (Å²) in [4.78, 5) is 0. The molecular weight excluding hydrogens is 190 g/mol. The Hall–Kier alpha value is -0.130. The fourth-order valence-electron chi connectivity index (χ4n) is 1.65. The van der Waals surface area contributed by atoms with E-state index in [-0.39, 0.29) is 5.54 Å². The highest BCUT2D eigenvalue weighted by Gasteiger charge is 2.35. The van der Waals surface area contributed by atoms with Crippen molar-refractivity contribution >= 4 is 11.8 Å². The van der Waals surface area contributed by atoms with Crippen LogP contribution in [0.25, 0.3) is 0 Å². The van der Waals surface area contributed by atoms with Crippen LogP contribution in [0.5, 0.6) is 0 Å². The lowest BCUT2D eigenvalue weighted by molar-refractivity contribution is 0.219. The van der Waals surface area contributed by atoms with E-state index in [1.165, 1.54) is 17.9 Å². The fraction of sp³-hybridized carbons (Fsp3) is 0.833. The van der Waals surface area contributed by atoms with Crippen LogP contribution in [0.4, 0.5) is 0 Å². The summed E-state index contributed by atoms with van der Waals surface area (Å²) in [6.45, 7) is 8.80. The number of nitrogens with one attached hydrogen (secondary N) is 1. The van der Waals surface area contributed by atoms with E-state index in [0.717, 1.165) is 0 Å². The molecule has 1 unspecified atom stereocenters. The quantitative estimate of drug-likeness (QED) is 0.704. The van der Waals surface area contributed by atoms with E-state index in [4.69, 9.17) is 6.42 Å². The molecule has 1 aliphatic heterocycles. The van der Waals surface area contributed by atoms with Crippen LogP contribution in [0.3, 0.4) is 0 Å². The Bertz CT molecular complexity index is 237. The minimum Gasteiger partial charge on any atom is -0.297 e. The lowest BCUT2D eigenvalue weighted by Gasteiger charge is -2.42. The molecule has 0 aromatic carbocycles. The third kappa shape index (κ3) is 2.93. The van der Waals surface area contributed by atoms with Crippen molar-refractivity contribution < 1.29 is 0 Å². The van der Waals surface area contributed by atoms with Crippen LogP contribution in [-0.4, -0.2) is 23.1 Å². The van der Waals surface area contributed by atoms with Crippen LogP contribution in [0.1, 0.15) is 34.1 Å². The molecule has 0 saturated carbocycles. The summed E-state index contributed by atoms with van der Waals surface area (Å²) in [6.07, 6.45) is 6.77. The molecule has 80 valence electrons. The Kier molecular flexibility index (Phi) is 3.55. The van der Waals surface area contributed by atoms with Gasteiger partial charge in [-0.05, 0) is 31.4 Å². The van der Waals surface area contributed by atoms with Crippen molar-refractivity contribution in [1.29, 1.82) is 0 Å². The van der Waals surface area contributed by atoms with Gasteiger partial charge < -0.3 is 0 Å². The van der Waals surface area contributed by atoms with Crippen molar-refractivity contribution in [2.75, 3.05) is 11.5 Å². The summed E-state index contributed by atoms with van der Waals surface area (Å²) in [7, 11) is 0. The van der Waals surface area contributed by atoms with Crippen LogP contribution in [0.2, 0.25) is 0 Å². The normalized spacial score (nSPS) is 26.9. The molecule has 1 aliphatic rings. The predicted molar refractivity (Wildman–Crippen MR) is 65.6 cm³/mol. The van der Waals surface area contributed by atoms with Gasteiger partial charge in [-0.15, -0.1) is 6.42 Å². The zero-order valence-corrected chi connectivity index (χ0v) is 10.5. The fourth-order valence-corrected chi connectivity index (χ4v) is 3.26. The molecule has 2 heteroatoms. The van der Waals surface area contributed by atoms with E-state index in [0.29, 0.717) is 11.5 Å². The van der Waals surface area contributed by atoms with Gasteiger partial charge in [-0.2, -0.15) is 11.8 Å². The standard InChI is InChI=1S/C12H21NS/c1-6-12(4,5)13-10-9-14-8-7-11(10,2)3/h1,10,13H,7-9H2,2-5H3. The molecule has 0 amide bonds. The van der Waals surface area contributed by atoms with Gasteiger partial charge in [-0.1, -0.05) is 19.8 Å². The molecule has 1 saturated heterocycles. The van der Waals surface area contributed by atoms with Gasteiger partial charge in [0.1, 0.15) is 0 Å². The van der Waals surface area contributed by atoms with Gasteiger partial charge in [0.25, 0.3) is 0 Å². The largest absolute Gasteiger partial charge is 0.297 e. The van der Waals surface area contributed by atoms with Crippen LogP contribution in [-0.2, 0) is 0 Å². The Labute approximate surface area is 92.4 Å². The summed E-state index contributed by atoms with van der Waals surface area (Å²) in [5, 5.41) is 3.58. The van der Waals surface area contributed by atoms with Gasteiger partial charge in [0.2, 0.25) is 0 Å². The van der Waals surface area contributed by atoms with Crippen molar-refractivity contribution in [2.24, 2.45) is 5.41 Å². The zero-order valence-electron chi connectivity index (χ0n) is 9.68. The first-order valence-electron chi connectivity index (χ1n) is 5.21. The molecule has 0 radical (unpaired) electrons. The Morgan fingerprint density at radius 2 is 2.14 bits per heavy atom. The molecule has 0 bridgehead atoms. The van der Waals surface area contributed by atoms with Crippen LogP contribution < -0.4 is 5.32 Å². The number of hydrogen-bond donors (Lipinski definition) is 1. The number of hydrogen-bond acceptors (Lipinski definition) is 2. The first-order valence-corrected chi connectivity index (χ1v) is 6.36. The van der Waals surface area contributed by atoms with Crippen LogP contribution in [0.15, 0.2) is 0 Å². The molecule has 1 rings (SSSR count). The Morgan fingerprint density at radius 3 is 2.64 bits per heavy atom. The molecule has 1 fully saturated rings. The van der Waals surface area contributed by atoms with E-state index in [2.05, 4.69) is 38.9 Å². The summed E-state index contributed by atoms with van der Waals surface area (Å²) < 4.78 is 0. The smallest absolute Gasteiger partial charge is 0.0743 e. The van der Waals surface area contributed by atoms with Gasteiger partial charge in [0.15, 0.2) is 0 Å². The average molecular weight is 211 g/mol. The topological polar surface area (TPSA) is 12.0 Å². The highest BCUT2D eigenvalue weighted by atomic mass is 32.2. The van der Waals surface area contributed by atoms with E-state index >= 15 is 0 Å². The molecule has 0 aliphatic carbocycles. The van der Waals surface area contributed by atoms with E-state index in [1.807, 2.05) is 11.8 Å². The SMILES string of the molecule is C#CC(C)(C)NC1CSCCC1(C)C. The van der Waals surface area contributed by atoms with Gasteiger partial charge >= 0.3 is 0 Å². The van der Waals surface area contributed by atoms with E-state index < -0.39 is 0 Å². The molecule has 1 N–H and O–H groups in total. The maximum atomic E-state index is 5.49. The number of thioether (sulfide) groups is 1. The second kappa shape index (κ2) is 4.16. The zero-order chi connectivity index (χ0) is 10.8. The highest BCUT2D eigenvalue weighted by Crippen LogP contribution is 2.34. The van der Waals surface area contributed by atoms with Gasteiger partial charge in [-0.3, -0.25) is 5.32 Å². The molecule has 1 atom stereocenters. The first-order chi connectivity index (χ1) is 6.37. The highest BCUT2D eigenvalue weighted by molar-refractivity contribution is 7.99. The Balaban J connectivity index is 2.63. The number of rotatable bonds is 2. The van der Waals surface area contributed by atoms with Crippen molar-refractivity contribution in [3.05, 3.63) is 0 Å². The molecule has 0 aromatic heterocycles. The number of terminal acetylenes is 1. The van der Waals surface area contributed by atoms with Crippen molar-refractivity contribution in [2.45, 2.75) is 45.7 Å². The second-order valence-corrected chi connectivity index (χ2v) is 6.43. The molecule has 1 nitrogen and oxygen atoms in total. The third-order valence-electron chi connectivity index (χ3n) is 3.01. The summed E-state index contributed by atoms with van der Waals surface area (Å²) >= 11 is 2.03. The average Bonchev–Trinajstić information content (AvgIpc) is 2.09. The van der Waals surface area contributed by atoms with Crippen molar-refractivity contribution in [1.82, 2.24) is 5.32 Å². The van der Waals surface area contributed by atoms with Crippen molar-refractivity contribution in [3.8, 4) is 12.3 Å². The van der Waals surface area contributed by atoms with Crippen LogP contribution in [0, 0.1) is 17.8 Å². The van der Waals surface area contributed by atoms with Crippen molar-refractivity contribution in [3.63, 3.8) is 0 Å². The maximum absolute atomic E-state index is 5.49. The maximum Gasteiger partial charge on any atom is 0.0743 e. The molecular formula is C12H21NS. The molecule has 14 heavy (non-hydrogen) atoms. The summed E-state index contributed by atoms with van der Waals surface area (Å²) in [5.41, 5.74) is 0.194. The predicted octanol–water partition coefficient (Wildman–Crippen LogP) is 2.52. The van der Waals surface area contributed by atoms with E-state index in [1.54, 1.807) is 0 Å². The van der Waals surface area contributed by atoms with Gasteiger partial charge in [-0.25, -0.2) is 0 Å². The molecule has 0 spiro atoms. The van der Waals surface area contributed by atoms with Gasteiger partial charge in [0, 0.05) is 11.8 Å². The minimum absolute atomic E-state index is 0.181. The van der Waals surface area contributed by atoms with Crippen LogP contribution >= 0.6 is 11.8 Å². The van der Waals surface area contributed by atoms with E-state index in [9.17, 15) is 0 Å². The monoisotopic (exact) mass is 211 g/mol. The molecule has 1 heterocycles. The molecule has 0 aromatic rings. The summed E-state index contributed by atoms with van der Waals surface area (Å²) in [6, 6.07) is 0.535. The minimum atomic E-state index is -0.181. The second-order valence-electron chi connectivity index (χ2n) is 5.28. The lowest BCUT2D eigenvalue weighted by atomic mass is 9.81. The first kappa shape index (κ1) is 11.9. The summed E-state index contributed by atoms with van der Waals surface area (Å²) in [5.74, 6) is 5.26. The third-order valence-corrected chi connectivity index (χ3v) is 4.08. The van der Waals surface area contributed by atoms with Gasteiger partial charge in [0.05, 0.1) is 5.54 Å².